The van der Waals surface area contributed by atoms with Gasteiger partial charge in [0.15, 0.2) is 5.82 Å². The van der Waals surface area contributed by atoms with Gasteiger partial charge in [-0.15, -0.1) is 0 Å². The lowest BCUT2D eigenvalue weighted by molar-refractivity contribution is 0.273. The molecule has 0 amide bonds. The van der Waals surface area contributed by atoms with Crippen LogP contribution >= 0.6 is 15.9 Å². The van der Waals surface area contributed by atoms with Crippen molar-refractivity contribution in [1.82, 2.24) is 14.7 Å². The lowest BCUT2D eigenvalue weighted by atomic mass is 9.64. The van der Waals surface area contributed by atoms with Gasteiger partial charge < -0.3 is 9.09 Å². The molecule has 5 nitrogen and oxygen atoms in total. The Labute approximate surface area is 147 Å². The highest BCUT2D eigenvalue weighted by molar-refractivity contribution is 9.10. The van der Waals surface area contributed by atoms with Crippen molar-refractivity contribution in [2.75, 3.05) is 0 Å². The highest BCUT2D eigenvalue weighted by atomic mass is 79.9. The van der Waals surface area contributed by atoms with Crippen LogP contribution in [0.2, 0.25) is 0 Å². The number of halogens is 1. The summed E-state index contributed by atoms with van der Waals surface area (Å²) in [6.07, 6.45) is 4.81. The average molecular weight is 386 g/mol. The fourth-order valence-corrected chi connectivity index (χ4v) is 3.49. The van der Waals surface area contributed by atoms with Gasteiger partial charge in [0.05, 0.1) is 5.41 Å². The molecule has 6 heteroatoms. The molecule has 0 saturated heterocycles. The van der Waals surface area contributed by atoms with E-state index in [1.165, 1.54) is 10.1 Å². The van der Waals surface area contributed by atoms with Crippen molar-refractivity contribution in [3.05, 3.63) is 68.8 Å². The third-order valence-electron chi connectivity index (χ3n) is 4.81. The minimum atomic E-state index is -0.206. The summed E-state index contributed by atoms with van der Waals surface area (Å²) in [4.78, 5) is 16.8. The van der Waals surface area contributed by atoms with E-state index in [4.69, 9.17) is 4.52 Å². The molecule has 1 fully saturated rings. The summed E-state index contributed by atoms with van der Waals surface area (Å²) in [5.74, 6) is 0.951. The zero-order valence-corrected chi connectivity index (χ0v) is 14.8. The van der Waals surface area contributed by atoms with E-state index in [0.717, 1.165) is 23.7 Å². The monoisotopic (exact) mass is 385 g/mol. The van der Waals surface area contributed by atoms with Gasteiger partial charge in [0.2, 0.25) is 0 Å². The van der Waals surface area contributed by atoms with Gasteiger partial charge in [-0.2, -0.15) is 4.98 Å². The Balaban J connectivity index is 1.77. The second kappa shape index (κ2) is 5.70. The summed E-state index contributed by atoms with van der Waals surface area (Å²) < 4.78 is 7.98. The predicted octanol–water partition coefficient (Wildman–Crippen LogP) is 3.67. The van der Waals surface area contributed by atoms with Gasteiger partial charge in [0, 0.05) is 17.7 Å². The first kappa shape index (κ1) is 15.3. The van der Waals surface area contributed by atoms with Gasteiger partial charge in [-0.25, -0.2) is 0 Å². The molecule has 1 saturated carbocycles. The van der Waals surface area contributed by atoms with Crippen LogP contribution in [-0.2, 0) is 12.5 Å². The summed E-state index contributed by atoms with van der Waals surface area (Å²) in [6, 6.07) is 11.8. The van der Waals surface area contributed by atoms with Gasteiger partial charge in [0.25, 0.3) is 11.4 Å². The first-order valence-corrected chi connectivity index (χ1v) is 8.66. The van der Waals surface area contributed by atoms with Crippen molar-refractivity contribution in [3.63, 3.8) is 0 Å². The molecule has 0 spiro atoms. The molecule has 0 bridgehead atoms. The Bertz CT molecular complexity index is 939. The molecule has 1 aromatic carbocycles. The maximum atomic E-state index is 12.2. The van der Waals surface area contributed by atoms with Crippen molar-refractivity contribution in [2.45, 2.75) is 24.7 Å². The first-order chi connectivity index (χ1) is 11.6. The number of aryl methyl sites for hydroxylation is 1. The molecule has 0 N–H and O–H groups in total. The second-order valence-corrected chi connectivity index (χ2v) is 7.12. The lowest BCUT2D eigenvalue weighted by Crippen LogP contribution is -2.36. The van der Waals surface area contributed by atoms with E-state index in [1.54, 1.807) is 25.4 Å². The van der Waals surface area contributed by atoms with E-state index in [2.05, 4.69) is 38.2 Å². The Morgan fingerprint density at radius 3 is 2.62 bits per heavy atom. The number of rotatable bonds is 3. The van der Waals surface area contributed by atoms with E-state index < -0.39 is 0 Å². The second-order valence-electron chi connectivity index (χ2n) is 6.20. The molecule has 2 aromatic heterocycles. The Morgan fingerprint density at radius 1 is 1.21 bits per heavy atom. The Kier molecular flexibility index (Phi) is 3.64. The number of hydrogen-bond donors (Lipinski definition) is 0. The van der Waals surface area contributed by atoms with Crippen molar-refractivity contribution < 1.29 is 4.52 Å². The quantitative estimate of drug-likeness (QED) is 0.689. The molecular formula is C18H16BrN3O2. The zero-order valence-electron chi connectivity index (χ0n) is 13.2. The molecule has 0 atom stereocenters. The number of nitrogens with zero attached hydrogens (tertiary/aromatic N) is 3. The molecule has 0 unspecified atom stereocenters. The van der Waals surface area contributed by atoms with Crippen molar-refractivity contribution in [1.29, 1.82) is 0 Å². The van der Waals surface area contributed by atoms with Crippen LogP contribution in [-0.4, -0.2) is 14.7 Å². The average Bonchev–Trinajstić information content (AvgIpc) is 3.01. The maximum absolute atomic E-state index is 12.2. The molecule has 1 aliphatic carbocycles. The summed E-state index contributed by atoms with van der Waals surface area (Å²) in [5.41, 5.74) is 1.27. The molecule has 24 heavy (non-hydrogen) atoms. The smallest absolute Gasteiger partial charge is 0.263 e. The summed E-state index contributed by atoms with van der Waals surface area (Å²) in [6.45, 7) is 0. The van der Waals surface area contributed by atoms with Gasteiger partial charge in [-0.05, 0) is 42.7 Å². The fourth-order valence-electron chi connectivity index (χ4n) is 3.23. The third-order valence-corrected chi connectivity index (χ3v) is 5.34. The molecule has 3 aromatic rings. The van der Waals surface area contributed by atoms with Crippen molar-refractivity contribution in [3.8, 4) is 11.5 Å². The number of hydrogen-bond acceptors (Lipinski definition) is 4. The van der Waals surface area contributed by atoms with E-state index >= 15 is 0 Å². The normalized spacial score (nSPS) is 15.9. The molecule has 1 aliphatic rings. The minimum Gasteiger partial charge on any atom is -0.334 e. The Hall–Kier alpha value is -2.21. The topological polar surface area (TPSA) is 60.9 Å². The van der Waals surface area contributed by atoms with Crippen molar-refractivity contribution >= 4 is 15.9 Å². The standard InChI is InChI=1S/C18H16BrN3O2/c1-22-11-2-4-14(16(22)23)15-20-17(21-24-15)18(9-3-10-18)12-5-7-13(19)8-6-12/h2,4-8,11H,3,9-10H2,1H3. The van der Waals surface area contributed by atoms with Gasteiger partial charge in [0.1, 0.15) is 5.56 Å². The molecule has 4 rings (SSSR count). The summed E-state index contributed by atoms with van der Waals surface area (Å²) >= 11 is 3.47. The highest BCUT2D eigenvalue weighted by Crippen LogP contribution is 2.48. The largest absolute Gasteiger partial charge is 0.334 e. The van der Waals surface area contributed by atoms with Crippen LogP contribution in [0, 0.1) is 0 Å². The third kappa shape index (κ3) is 2.33. The number of pyridine rings is 1. The van der Waals surface area contributed by atoms with Crippen LogP contribution in [0.3, 0.4) is 0 Å². The molecule has 0 aliphatic heterocycles. The maximum Gasteiger partial charge on any atom is 0.263 e. The van der Waals surface area contributed by atoms with Crippen molar-refractivity contribution in [2.24, 2.45) is 7.05 Å². The SMILES string of the molecule is Cn1cccc(-c2nc(C3(c4ccc(Br)cc4)CCC3)no2)c1=O. The van der Waals surface area contributed by atoms with Crippen LogP contribution < -0.4 is 5.56 Å². The number of aromatic nitrogens is 3. The highest BCUT2D eigenvalue weighted by Gasteiger charge is 2.44. The van der Waals surface area contributed by atoms with Crippen LogP contribution in [0.1, 0.15) is 30.7 Å². The van der Waals surface area contributed by atoms with E-state index in [1.807, 2.05) is 12.1 Å². The molecule has 122 valence electrons. The summed E-state index contributed by atoms with van der Waals surface area (Å²) in [5, 5.41) is 4.21. The fraction of sp³-hybridized carbons (Fsp3) is 0.278. The molecular weight excluding hydrogens is 370 g/mol. The summed E-state index contributed by atoms with van der Waals surface area (Å²) in [7, 11) is 1.71. The van der Waals surface area contributed by atoms with Gasteiger partial charge in [-0.1, -0.05) is 39.6 Å². The lowest BCUT2D eigenvalue weighted by Gasteiger charge is -2.39. The van der Waals surface area contributed by atoms with E-state index in [0.29, 0.717) is 11.4 Å². The Morgan fingerprint density at radius 2 is 1.96 bits per heavy atom. The van der Waals surface area contributed by atoms with Crippen LogP contribution in [0.25, 0.3) is 11.5 Å². The van der Waals surface area contributed by atoms with Gasteiger partial charge >= 0.3 is 0 Å². The molecule has 2 heterocycles. The predicted molar refractivity (Wildman–Crippen MR) is 93.7 cm³/mol. The van der Waals surface area contributed by atoms with Gasteiger partial charge in [-0.3, -0.25) is 4.79 Å². The number of benzene rings is 1. The molecule has 0 radical (unpaired) electrons. The zero-order chi connectivity index (χ0) is 16.7. The van der Waals surface area contributed by atoms with E-state index in [-0.39, 0.29) is 16.9 Å². The van der Waals surface area contributed by atoms with Crippen LogP contribution in [0.5, 0.6) is 0 Å². The van der Waals surface area contributed by atoms with Crippen LogP contribution in [0.4, 0.5) is 0 Å². The van der Waals surface area contributed by atoms with E-state index in [9.17, 15) is 4.79 Å². The van der Waals surface area contributed by atoms with Crippen LogP contribution in [0.15, 0.2) is 56.4 Å². The minimum absolute atomic E-state index is 0.140. The first-order valence-electron chi connectivity index (χ1n) is 7.86.